The molecule has 2 heterocycles. The Morgan fingerprint density at radius 3 is 2.79 bits per heavy atom. The molecule has 0 aliphatic heterocycles. The fourth-order valence-corrected chi connectivity index (χ4v) is 2.41. The molecule has 2 aromatic heterocycles. The van der Waals surface area contributed by atoms with Crippen molar-refractivity contribution in [2.24, 2.45) is 7.05 Å². The van der Waals surface area contributed by atoms with E-state index in [1.165, 1.54) is 0 Å². The van der Waals surface area contributed by atoms with Gasteiger partial charge in [-0.05, 0) is 5.56 Å². The first-order valence-electron chi connectivity index (χ1n) is 6.06. The fraction of sp³-hybridized carbons (Fsp3) is 0.214. The lowest BCUT2D eigenvalue weighted by atomic mass is 10.1. The van der Waals surface area contributed by atoms with Gasteiger partial charge in [0.1, 0.15) is 6.33 Å². The van der Waals surface area contributed by atoms with Gasteiger partial charge < -0.3 is 0 Å². The molecule has 1 aromatic carbocycles. The van der Waals surface area contributed by atoms with Crippen LogP contribution in [0.1, 0.15) is 16.6 Å². The molecular formula is C14H13ClN4. The van der Waals surface area contributed by atoms with Crippen LogP contribution >= 0.6 is 11.6 Å². The van der Waals surface area contributed by atoms with Gasteiger partial charge in [-0.2, -0.15) is 5.10 Å². The molecule has 4 nitrogen and oxygen atoms in total. The summed E-state index contributed by atoms with van der Waals surface area (Å²) >= 11 is 6.46. The van der Waals surface area contributed by atoms with Crippen LogP contribution in [0.5, 0.6) is 0 Å². The first-order valence-corrected chi connectivity index (χ1v) is 6.50. The normalized spacial score (nSPS) is 12.7. The Labute approximate surface area is 116 Å². The topological polar surface area (TPSA) is 43.6 Å². The minimum absolute atomic E-state index is 0.0977. The summed E-state index contributed by atoms with van der Waals surface area (Å²) < 4.78 is 1.74. The summed E-state index contributed by atoms with van der Waals surface area (Å²) in [5.41, 5.74) is 2.86. The molecule has 0 radical (unpaired) electrons. The second-order valence-corrected chi connectivity index (χ2v) is 4.93. The maximum atomic E-state index is 6.46. The van der Waals surface area contributed by atoms with Crippen molar-refractivity contribution in [3.63, 3.8) is 0 Å². The van der Waals surface area contributed by atoms with Gasteiger partial charge in [-0.25, -0.2) is 9.97 Å². The minimum atomic E-state index is -0.0977. The van der Waals surface area contributed by atoms with Crippen molar-refractivity contribution in [2.75, 3.05) is 0 Å². The van der Waals surface area contributed by atoms with E-state index < -0.39 is 0 Å². The molecule has 1 atom stereocenters. The third kappa shape index (κ3) is 2.31. The van der Waals surface area contributed by atoms with Crippen LogP contribution in [0.25, 0.3) is 11.0 Å². The lowest BCUT2D eigenvalue weighted by molar-refractivity contribution is 0.784. The van der Waals surface area contributed by atoms with Gasteiger partial charge in [0.25, 0.3) is 0 Å². The van der Waals surface area contributed by atoms with E-state index in [4.69, 9.17) is 11.6 Å². The molecule has 0 aliphatic carbocycles. The van der Waals surface area contributed by atoms with Crippen LogP contribution in [0.3, 0.4) is 0 Å². The van der Waals surface area contributed by atoms with Crippen molar-refractivity contribution in [3.8, 4) is 0 Å². The van der Waals surface area contributed by atoms with Crippen molar-refractivity contribution in [1.82, 2.24) is 19.7 Å². The summed E-state index contributed by atoms with van der Waals surface area (Å²) in [4.78, 5) is 8.56. The van der Waals surface area contributed by atoms with Gasteiger partial charge in [0, 0.05) is 13.5 Å². The number of alkyl halides is 1. The van der Waals surface area contributed by atoms with Gasteiger partial charge >= 0.3 is 0 Å². The molecule has 3 aromatic rings. The van der Waals surface area contributed by atoms with E-state index in [0.717, 1.165) is 22.3 Å². The zero-order valence-corrected chi connectivity index (χ0v) is 11.2. The van der Waals surface area contributed by atoms with E-state index in [1.807, 2.05) is 37.4 Å². The van der Waals surface area contributed by atoms with E-state index in [-0.39, 0.29) is 5.38 Å². The second-order valence-electron chi connectivity index (χ2n) is 4.41. The van der Waals surface area contributed by atoms with Gasteiger partial charge in [0.05, 0.1) is 22.7 Å². The Kier molecular flexibility index (Phi) is 3.17. The zero-order valence-electron chi connectivity index (χ0n) is 10.5. The number of hydrogen-bond acceptors (Lipinski definition) is 3. The largest absolute Gasteiger partial charge is 0.250 e. The summed E-state index contributed by atoms with van der Waals surface area (Å²) in [7, 11) is 1.87. The van der Waals surface area contributed by atoms with Gasteiger partial charge in [0.15, 0.2) is 5.65 Å². The average Bonchev–Trinajstić information content (AvgIpc) is 2.83. The molecule has 1 unspecified atom stereocenters. The van der Waals surface area contributed by atoms with Crippen molar-refractivity contribution in [1.29, 1.82) is 0 Å². The Morgan fingerprint density at radius 1 is 1.21 bits per heavy atom. The highest BCUT2D eigenvalue weighted by Crippen LogP contribution is 2.26. The Hall–Kier alpha value is -1.94. The molecule has 0 spiro atoms. The number of hydrogen-bond donors (Lipinski definition) is 0. The fourth-order valence-electron chi connectivity index (χ4n) is 2.12. The van der Waals surface area contributed by atoms with Crippen LogP contribution in [0.15, 0.2) is 42.9 Å². The smallest absolute Gasteiger partial charge is 0.161 e. The van der Waals surface area contributed by atoms with Gasteiger partial charge in [-0.15, -0.1) is 11.6 Å². The van der Waals surface area contributed by atoms with Gasteiger partial charge in [-0.1, -0.05) is 30.3 Å². The summed E-state index contributed by atoms with van der Waals surface area (Å²) in [6.45, 7) is 0. The van der Waals surface area contributed by atoms with Crippen LogP contribution in [-0.4, -0.2) is 19.7 Å². The maximum absolute atomic E-state index is 6.46. The summed E-state index contributed by atoms with van der Waals surface area (Å²) in [5.74, 6) is 0. The van der Waals surface area contributed by atoms with E-state index in [0.29, 0.717) is 6.42 Å². The Morgan fingerprint density at radius 2 is 2.00 bits per heavy atom. The summed E-state index contributed by atoms with van der Waals surface area (Å²) in [6, 6.07) is 10.0. The number of fused-ring (bicyclic) bond motifs is 1. The van der Waals surface area contributed by atoms with Crippen molar-refractivity contribution >= 4 is 22.6 Å². The van der Waals surface area contributed by atoms with E-state index in [1.54, 1.807) is 17.2 Å². The zero-order chi connectivity index (χ0) is 13.2. The van der Waals surface area contributed by atoms with E-state index >= 15 is 0 Å². The number of rotatable bonds is 3. The number of halogens is 1. The SMILES string of the molecule is Cn1ncc2c(CC(Cl)c3ccccc3)ncnc21. The second kappa shape index (κ2) is 4.97. The first-order chi connectivity index (χ1) is 9.25. The standard InChI is InChI=1S/C14H13ClN4/c1-19-14-11(8-18-19)13(16-9-17-14)7-12(15)10-5-3-2-4-6-10/h2-6,8-9,12H,7H2,1H3. The molecule has 19 heavy (non-hydrogen) atoms. The summed E-state index contributed by atoms with van der Waals surface area (Å²) in [6.07, 6.45) is 4.02. The predicted molar refractivity (Wildman–Crippen MR) is 75.0 cm³/mol. The Balaban J connectivity index is 1.93. The number of aryl methyl sites for hydroxylation is 1. The molecule has 0 fully saturated rings. The minimum Gasteiger partial charge on any atom is -0.250 e. The van der Waals surface area contributed by atoms with Crippen LogP contribution in [0.4, 0.5) is 0 Å². The van der Waals surface area contributed by atoms with Crippen molar-refractivity contribution in [2.45, 2.75) is 11.8 Å². The molecule has 3 rings (SSSR count). The quantitative estimate of drug-likeness (QED) is 0.689. The van der Waals surface area contributed by atoms with Crippen LogP contribution in [0.2, 0.25) is 0 Å². The number of benzene rings is 1. The number of aromatic nitrogens is 4. The molecule has 0 N–H and O–H groups in total. The van der Waals surface area contributed by atoms with E-state index in [2.05, 4.69) is 15.1 Å². The third-order valence-electron chi connectivity index (χ3n) is 3.15. The highest BCUT2D eigenvalue weighted by molar-refractivity contribution is 6.21. The monoisotopic (exact) mass is 272 g/mol. The van der Waals surface area contributed by atoms with Gasteiger partial charge in [-0.3, -0.25) is 4.68 Å². The van der Waals surface area contributed by atoms with Crippen LogP contribution in [-0.2, 0) is 13.5 Å². The maximum Gasteiger partial charge on any atom is 0.161 e. The van der Waals surface area contributed by atoms with E-state index in [9.17, 15) is 0 Å². The van der Waals surface area contributed by atoms with Gasteiger partial charge in [0.2, 0.25) is 0 Å². The highest BCUT2D eigenvalue weighted by Gasteiger charge is 2.13. The Bertz CT molecular complexity index is 693. The molecule has 96 valence electrons. The average molecular weight is 273 g/mol. The first kappa shape index (κ1) is 12.1. The molecule has 0 saturated carbocycles. The molecule has 5 heteroatoms. The lowest BCUT2D eigenvalue weighted by Crippen LogP contribution is -2.00. The number of nitrogens with zero attached hydrogens (tertiary/aromatic N) is 4. The van der Waals surface area contributed by atoms with Crippen molar-refractivity contribution < 1.29 is 0 Å². The molecule has 0 aliphatic rings. The van der Waals surface area contributed by atoms with Crippen LogP contribution in [0, 0.1) is 0 Å². The molecule has 0 saturated heterocycles. The molecule has 0 amide bonds. The predicted octanol–water partition coefficient (Wildman–Crippen LogP) is 2.89. The summed E-state index contributed by atoms with van der Waals surface area (Å²) in [5, 5.41) is 5.07. The van der Waals surface area contributed by atoms with Crippen molar-refractivity contribution in [3.05, 3.63) is 54.1 Å². The van der Waals surface area contributed by atoms with Crippen LogP contribution < -0.4 is 0 Å². The highest BCUT2D eigenvalue weighted by atomic mass is 35.5. The molecular weight excluding hydrogens is 260 g/mol. The lowest BCUT2D eigenvalue weighted by Gasteiger charge is -2.09. The molecule has 0 bridgehead atoms. The third-order valence-corrected chi connectivity index (χ3v) is 3.55.